The van der Waals surface area contributed by atoms with E-state index in [2.05, 4.69) is 0 Å². The van der Waals surface area contributed by atoms with Gasteiger partial charge >= 0.3 is 0 Å². The lowest BCUT2D eigenvalue weighted by Crippen LogP contribution is -2.44. The normalized spacial score (nSPS) is 25.7. The summed E-state index contributed by atoms with van der Waals surface area (Å²) in [5, 5.41) is 0. The number of nitrogens with zero attached hydrogens (tertiary/aromatic N) is 1. The Morgan fingerprint density at radius 2 is 2.04 bits per heavy atom. The van der Waals surface area contributed by atoms with Gasteiger partial charge in [-0.1, -0.05) is 32.0 Å². The zero-order valence-electron chi connectivity index (χ0n) is 15.9. The molecule has 2 amide bonds. The van der Waals surface area contributed by atoms with E-state index in [9.17, 15) is 14.4 Å². The molecule has 7 heteroatoms. The van der Waals surface area contributed by atoms with Crippen molar-refractivity contribution in [3.63, 3.8) is 0 Å². The second kappa shape index (κ2) is 7.78. The molecule has 2 aliphatic heterocycles. The first kappa shape index (κ1) is 19.5. The van der Waals surface area contributed by atoms with Crippen molar-refractivity contribution in [2.24, 2.45) is 11.7 Å². The lowest BCUT2D eigenvalue weighted by atomic mass is 9.86. The van der Waals surface area contributed by atoms with E-state index in [1.165, 1.54) is 0 Å². The van der Waals surface area contributed by atoms with Crippen LogP contribution in [-0.2, 0) is 19.1 Å². The van der Waals surface area contributed by atoms with Gasteiger partial charge in [-0.05, 0) is 24.0 Å². The molecule has 2 aliphatic rings. The van der Waals surface area contributed by atoms with Crippen molar-refractivity contribution >= 4 is 17.6 Å². The van der Waals surface area contributed by atoms with Crippen LogP contribution in [0.25, 0.3) is 0 Å². The number of fused-ring (bicyclic) bond motifs is 1. The molecule has 1 aromatic rings. The minimum absolute atomic E-state index is 0.00824. The first-order chi connectivity index (χ1) is 12.8. The van der Waals surface area contributed by atoms with Gasteiger partial charge in [0.15, 0.2) is 5.78 Å². The fraction of sp³-hybridized carbons (Fsp3) is 0.550. The zero-order valence-corrected chi connectivity index (χ0v) is 15.9. The topological polar surface area (TPSA) is 98.9 Å². The molecule has 4 atom stereocenters. The Bertz CT molecular complexity index is 748. The number of hydrogen-bond acceptors (Lipinski definition) is 5. The van der Waals surface area contributed by atoms with E-state index < -0.39 is 24.0 Å². The maximum absolute atomic E-state index is 13.5. The molecule has 2 N–H and O–H groups in total. The molecule has 0 bridgehead atoms. The van der Waals surface area contributed by atoms with Crippen LogP contribution in [0.1, 0.15) is 42.1 Å². The van der Waals surface area contributed by atoms with Crippen LogP contribution < -0.4 is 5.73 Å². The first-order valence-electron chi connectivity index (χ1n) is 9.21. The molecular formula is C20H26N2O5. The summed E-state index contributed by atoms with van der Waals surface area (Å²) in [6.07, 6.45) is -0.224. The van der Waals surface area contributed by atoms with Crippen LogP contribution in [0, 0.1) is 5.92 Å². The van der Waals surface area contributed by atoms with Crippen LogP contribution in [-0.4, -0.2) is 61.0 Å². The summed E-state index contributed by atoms with van der Waals surface area (Å²) in [4.78, 5) is 39.3. The van der Waals surface area contributed by atoms with Crippen molar-refractivity contribution in [3.05, 3.63) is 35.4 Å². The number of rotatable bonds is 6. The molecule has 1 aromatic carbocycles. The average molecular weight is 374 g/mol. The molecule has 146 valence electrons. The van der Waals surface area contributed by atoms with Gasteiger partial charge < -0.3 is 20.1 Å². The smallest absolute Gasteiger partial charge is 0.249 e. The number of carbonyl (C=O) groups excluding carboxylic acids is 3. The number of amides is 2. The summed E-state index contributed by atoms with van der Waals surface area (Å²) >= 11 is 0. The molecule has 2 fully saturated rings. The molecule has 2 heterocycles. The molecule has 0 aliphatic carbocycles. The first-order valence-corrected chi connectivity index (χ1v) is 9.21. The standard InChI is InChI=1S/C20H26N2O5/c1-11(2)8-14(12-6-4-5-7-13(12)19(21)24)20(25)22-9-16(26-3)18-17(22)15(23)10-27-18/h4-7,11,14,16-18H,8-10H2,1-3H3,(H2,21,24)/t14-,16-,17+,18+/m0/s1. The molecule has 0 spiro atoms. The third-order valence-corrected chi connectivity index (χ3v) is 5.33. The van der Waals surface area contributed by atoms with Gasteiger partial charge in [0.05, 0.1) is 12.5 Å². The number of methoxy groups -OCH3 is 1. The molecule has 0 unspecified atom stereocenters. The minimum atomic E-state index is -0.627. The number of ether oxygens (including phenoxy) is 2. The number of nitrogens with two attached hydrogens (primary N) is 1. The van der Waals surface area contributed by atoms with Crippen LogP contribution in [0.15, 0.2) is 24.3 Å². The van der Waals surface area contributed by atoms with E-state index in [1.807, 2.05) is 13.8 Å². The van der Waals surface area contributed by atoms with Crippen LogP contribution in [0.2, 0.25) is 0 Å². The number of likely N-dealkylation sites (tertiary alicyclic amines) is 1. The fourth-order valence-corrected chi connectivity index (χ4v) is 4.10. The Labute approximate surface area is 158 Å². The largest absolute Gasteiger partial charge is 0.377 e. The van der Waals surface area contributed by atoms with Gasteiger partial charge in [-0.25, -0.2) is 0 Å². The summed E-state index contributed by atoms with van der Waals surface area (Å²) in [6.45, 7) is 4.32. The molecule has 0 saturated carbocycles. The van der Waals surface area contributed by atoms with Crippen molar-refractivity contribution in [3.8, 4) is 0 Å². The SMILES string of the molecule is CO[C@H]1CN(C(=O)[C@@H](CC(C)C)c2ccccc2C(N)=O)[C@@H]2C(=O)CO[C@H]12. The monoisotopic (exact) mass is 374 g/mol. The molecule has 2 saturated heterocycles. The van der Waals surface area contributed by atoms with Crippen molar-refractivity contribution in [2.45, 2.75) is 44.4 Å². The number of benzene rings is 1. The molecule has 7 nitrogen and oxygen atoms in total. The maximum atomic E-state index is 13.5. The molecule has 0 radical (unpaired) electrons. The maximum Gasteiger partial charge on any atom is 0.249 e. The van der Waals surface area contributed by atoms with E-state index in [0.717, 1.165) is 0 Å². The lowest BCUT2D eigenvalue weighted by Gasteiger charge is -2.28. The van der Waals surface area contributed by atoms with Crippen LogP contribution in [0.4, 0.5) is 0 Å². The molecular weight excluding hydrogens is 348 g/mol. The van der Waals surface area contributed by atoms with Gasteiger partial charge in [-0.2, -0.15) is 0 Å². The van der Waals surface area contributed by atoms with E-state index in [0.29, 0.717) is 24.1 Å². The summed E-state index contributed by atoms with van der Waals surface area (Å²) in [6, 6.07) is 6.28. The summed E-state index contributed by atoms with van der Waals surface area (Å²) in [5.41, 5.74) is 6.47. The summed E-state index contributed by atoms with van der Waals surface area (Å²) in [5.74, 6) is -1.21. The molecule has 0 aromatic heterocycles. The summed E-state index contributed by atoms with van der Waals surface area (Å²) < 4.78 is 11.0. The third-order valence-electron chi connectivity index (χ3n) is 5.33. The Kier molecular flexibility index (Phi) is 5.62. The highest BCUT2D eigenvalue weighted by atomic mass is 16.5. The Morgan fingerprint density at radius 1 is 1.33 bits per heavy atom. The highest BCUT2D eigenvalue weighted by molar-refractivity contribution is 5.98. The molecule has 27 heavy (non-hydrogen) atoms. The number of Topliss-reactive ketones (excluding diaryl/α,β-unsaturated/α-hetero) is 1. The van der Waals surface area contributed by atoms with Crippen molar-refractivity contribution in [1.82, 2.24) is 4.90 Å². The van der Waals surface area contributed by atoms with Crippen LogP contribution in [0.3, 0.4) is 0 Å². The average Bonchev–Trinajstić information content (AvgIpc) is 3.19. The van der Waals surface area contributed by atoms with Crippen molar-refractivity contribution in [1.29, 1.82) is 0 Å². The van der Waals surface area contributed by atoms with E-state index in [1.54, 1.807) is 36.3 Å². The zero-order chi connectivity index (χ0) is 19.7. The van der Waals surface area contributed by atoms with Gasteiger partial charge in [-0.15, -0.1) is 0 Å². The highest BCUT2D eigenvalue weighted by Crippen LogP contribution is 2.35. The Hall–Kier alpha value is -2.25. The van der Waals surface area contributed by atoms with E-state index in [4.69, 9.17) is 15.2 Å². The van der Waals surface area contributed by atoms with Gasteiger partial charge in [-0.3, -0.25) is 14.4 Å². The van der Waals surface area contributed by atoms with Gasteiger partial charge in [0.1, 0.15) is 24.9 Å². The molecule has 3 rings (SSSR count). The van der Waals surface area contributed by atoms with Crippen molar-refractivity contribution in [2.75, 3.05) is 20.3 Å². The third kappa shape index (κ3) is 3.61. The second-order valence-electron chi connectivity index (χ2n) is 7.59. The number of carbonyl (C=O) groups is 3. The number of primary amides is 1. The Balaban J connectivity index is 1.98. The predicted octanol–water partition coefficient (Wildman–Crippen LogP) is 1.11. The van der Waals surface area contributed by atoms with Crippen LogP contribution in [0.5, 0.6) is 0 Å². The van der Waals surface area contributed by atoms with E-state index in [-0.39, 0.29) is 30.3 Å². The second-order valence-corrected chi connectivity index (χ2v) is 7.59. The lowest BCUT2D eigenvalue weighted by molar-refractivity contribution is -0.138. The highest BCUT2D eigenvalue weighted by Gasteiger charge is 2.53. The fourth-order valence-electron chi connectivity index (χ4n) is 4.10. The minimum Gasteiger partial charge on any atom is -0.377 e. The quantitative estimate of drug-likeness (QED) is 0.804. The number of ketones is 1. The van der Waals surface area contributed by atoms with Gasteiger partial charge in [0.25, 0.3) is 0 Å². The predicted molar refractivity (Wildman–Crippen MR) is 98.2 cm³/mol. The Morgan fingerprint density at radius 3 is 2.67 bits per heavy atom. The van der Waals surface area contributed by atoms with Gasteiger partial charge in [0.2, 0.25) is 11.8 Å². The van der Waals surface area contributed by atoms with Crippen LogP contribution >= 0.6 is 0 Å². The van der Waals surface area contributed by atoms with E-state index >= 15 is 0 Å². The number of hydrogen-bond donors (Lipinski definition) is 1. The summed E-state index contributed by atoms with van der Waals surface area (Å²) in [7, 11) is 1.55. The van der Waals surface area contributed by atoms with Gasteiger partial charge in [0, 0.05) is 12.7 Å². The van der Waals surface area contributed by atoms with Crippen molar-refractivity contribution < 1.29 is 23.9 Å².